The third kappa shape index (κ3) is 7.24. The Morgan fingerprint density at radius 1 is 0.759 bits per heavy atom. The van der Waals surface area contributed by atoms with E-state index in [4.69, 9.17) is 0 Å². The largest absolute Gasteiger partial charge is 0.573 e. The summed E-state index contributed by atoms with van der Waals surface area (Å²) in [5.74, 6) is 2.44. The highest BCUT2D eigenvalue weighted by Crippen LogP contribution is 2.37. The third-order valence-electron chi connectivity index (χ3n) is 6.54. The van der Waals surface area contributed by atoms with Gasteiger partial charge in [0.15, 0.2) is 0 Å². The summed E-state index contributed by atoms with van der Waals surface area (Å²) >= 11 is 0. The Kier molecular flexibility index (Phi) is 7.85. The Hall–Kier alpha value is -1.71. The molecule has 0 saturated heterocycles. The zero-order valence-electron chi connectivity index (χ0n) is 17.3. The van der Waals surface area contributed by atoms with Crippen LogP contribution in [0, 0.1) is 17.8 Å². The standard InChI is InChI=1S/C25H33F3O/c1-2-4-19-7-10-21(11-8-19)12-9-20-5-3-6-22(14-13-20)23-15-17-24(18-16-23)29-25(26,27)28/h2,4,9,12,15-22H,3,5-8,10-11,13-14H2,1H3. The van der Waals surface area contributed by atoms with Crippen molar-refractivity contribution in [2.75, 3.05) is 0 Å². The first-order valence-electron chi connectivity index (χ1n) is 11.1. The molecule has 0 aromatic heterocycles. The summed E-state index contributed by atoms with van der Waals surface area (Å²) in [6, 6.07) is 6.47. The zero-order chi connectivity index (χ0) is 20.7. The Bertz CT molecular complexity index is 666. The monoisotopic (exact) mass is 406 g/mol. The van der Waals surface area contributed by atoms with Crippen molar-refractivity contribution in [2.24, 2.45) is 17.8 Å². The first-order chi connectivity index (χ1) is 13.9. The van der Waals surface area contributed by atoms with Crippen LogP contribution in [0.15, 0.2) is 48.6 Å². The van der Waals surface area contributed by atoms with Crippen molar-refractivity contribution in [3.63, 3.8) is 0 Å². The van der Waals surface area contributed by atoms with Gasteiger partial charge in [0.25, 0.3) is 0 Å². The third-order valence-corrected chi connectivity index (χ3v) is 6.54. The van der Waals surface area contributed by atoms with Gasteiger partial charge in [-0.3, -0.25) is 0 Å². The molecular formula is C25H33F3O. The molecule has 0 bridgehead atoms. The van der Waals surface area contributed by atoms with Crippen LogP contribution < -0.4 is 4.74 Å². The molecule has 0 spiro atoms. The topological polar surface area (TPSA) is 9.23 Å². The lowest BCUT2D eigenvalue weighted by Crippen LogP contribution is -2.17. The lowest BCUT2D eigenvalue weighted by molar-refractivity contribution is -0.274. The molecule has 29 heavy (non-hydrogen) atoms. The highest BCUT2D eigenvalue weighted by atomic mass is 19.4. The Balaban J connectivity index is 1.48. The maximum absolute atomic E-state index is 12.3. The van der Waals surface area contributed by atoms with Crippen LogP contribution in [-0.2, 0) is 0 Å². The van der Waals surface area contributed by atoms with Crippen LogP contribution in [0.4, 0.5) is 13.2 Å². The van der Waals surface area contributed by atoms with Crippen molar-refractivity contribution in [1.29, 1.82) is 0 Å². The summed E-state index contributed by atoms with van der Waals surface area (Å²) in [6.07, 6.45) is 15.8. The number of alkyl halides is 3. The minimum atomic E-state index is -4.63. The minimum absolute atomic E-state index is 0.139. The Morgan fingerprint density at radius 2 is 1.31 bits per heavy atom. The Morgan fingerprint density at radius 3 is 1.90 bits per heavy atom. The maximum Gasteiger partial charge on any atom is 0.573 e. The highest BCUT2D eigenvalue weighted by molar-refractivity contribution is 5.29. The molecule has 4 heteroatoms. The van der Waals surface area contributed by atoms with Gasteiger partial charge in [0.2, 0.25) is 0 Å². The fourth-order valence-electron chi connectivity index (χ4n) is 4.91. The van der Waals surface area contributed by atoms with Crippen molar-refractivity contribution >= 4 is 0 Å². The molecule has 1 aromatic rings. The molecular weight excluding hydrogens is 373 g/mol. The molecule has 0 aliphatic heterocycles. The molecule has 2 fully saturated rings. The predicted octanol–water partition coefficient (Wildman–Crippen LogP) is 8.19. The second kappa shape index (κ2) is 10.4. The summed E-state index contributed by atoms with van der Waals surface area (Å²) in [4.78, 5) is 0. The minimum Gasteiger partial charge on any atom is -0.406 e. The van der Waals surface area contributed by atoms with E-state index in [0.717, 1.165) is 36.7 Å². The number of allylic oxidation sites excluding steroid dienone is 4. The van der Waals surface area contributed by atoms with E-state index in [0.29, 0.717) is 11.8 Å². The second-order valence-electron chi connectivity index (χ2n) is 8.67. The van der Waals surface area contributed by atoms with Gasteiger partial charge >= 0.3 is 6.36 Å². The van der Waals surface area contributed by atoms with E-state index in [-0.39, 0.29) is 5.75 Å². The molecule has 2 atom stereocenters. The molecule has 2 unspecified atom stereocenters. The molecule has 0 amide bonds. The molecule has 0 N–H and O–H groups in total. The highest BCUT2D eigenvalue weighted by Gasteiger charge is 2.31. The average Bonchev–Trinajstić information content (AvgIpc) is 2.93. The first kappa shape index (κ1) is 22.0. The molecule has 0 heterocycles. The van der Waals surface area contributed by atoms with Crippen LogP contribution in [0.2, 0.25) is 0 Å². The smallest absolute Gasteiger partial charge is 0.406 e. The van der Waals surface area contributed by atoms with Crippen molar-refractivity contribution in [3.05, 3.63) is 54.1 Å². The fraction of sp³-hybridized carbons (Fsp3) is 0.600. The molecule has 2 aliphatic rings. The molecule has 1 nitrogen and oxygen atoms in total. The summed E-state index contributed by atoms with van der Waals surface area (Å²) in [6.45, 7) is 2.11. The molecule has 2 aliphatic carbocycles. The fourth-order valence-corrected chi connectivity index (χ4v) is 4.91. The molecule has 0 radical (unpaired) electrons. The van der Waals surface area contributed by atoms with E-state index in [1.54, 1.807) is 12.1 Å². The predicted molar refractivity (Wildman–Crippen MR) is 112 cm³/mol. The summed E-state index contributed by atoms with van der Waals surface area (Å²) in [5.41, 5.74) is 1.13. The van der Waals surface area contributed by atoms with Crippen LogP contribution >= 0.6 is 0 Å². The van der Waals surface area contributed by atoms with Crippen molar-refractivity contribution in [2.45, 2.75) is 77.0 Å². The van der Waals surface area contributed by atoms with Crippen molar-refractivity contribution in [1.82, 2.24) is 0 Å². The lowest BCUT2D eigenvalue weighted by Gasteiger charge is -2.25. The number of rotatable bonds is 5. The van der Waals surface area contributed by atoms with E-state index in [1.165, 1.54) is 50.7 Å². The van der Waals surface area contributed by atoms with Gasteiger partial charge in [0.05, 0.1) is 0 Å². The van der Waals surface area contributed by atoms with Gasteiger partial charge < -0.3 is 4.74 Å². The maximum atomic E-state index is 12.3. The van der Waals surface area contributed by atoms with Crippen LogP contribution in [0.3, 0.4) is 0 Å². The number of hydrogen-bond donors (Lipinski definition) is 0. The molecule has 1 aromatic carbocycles. The van der Waals surface area contributed by atoms with Crippen molar-refractivity contribution < 1.29 is 17.9 Å². The second-order valence-corrected chi connectivity index (χ2v) is 8.67. The number of ether oxygens (including phenoxy) is 1. The van der Waals surface area contributed by atoms with Gasteiger partial charge in [-0.2, -0.15) is 0 Å². The normalized spacial score (nSPS) is 29.2. The first-order valence-corrected chi connectivity index (χ1v) is 11.1. The van der Waals surface area contributed by atoms with Crippen LogP contribution in [0.1, 0.15) is 76.2 Å². The van der Waals surface area contributed by atoms with E-state index in [9.17, 15) is 13.2 Å². The van der Waals surface area contributed by atoms with Gasteiger partial charge in [-0.25, -0.2) is 0 Å². The van der Waals surface area contributed by atoms with E-state index in [2.05, 4.69) is 36.0 Å². The van der Waals surface area contributed by atoms with Crippen LogP contribution in [0.5, 0.6) is 5.75 Å². The summed E-state index contributed by atoms with van der Waals surface area (Å²) < 4.78 is 40.9. The van der Waals surface area contributed by atoms with Gasteiger partial charge in [-0.15, -0.1) is 13.2 Å². The van der Waals surface area contributed by atoms with Crippen molar-refractivity contribution in [3.8, 4) is 5.75 Å². The SMILES string of the molecule is CC=CC1CCC(C=CC2CCCC(c3ccc(OC(F)(F)F)cc3)CC2)CC1. The van der Waals surface area contributed by atoms with Crippen LogP contribution in [-0.4, -0.2) is 6.36 Å². The molecule has 160 valence electrons. The van der Waals surface area contributed by atoms with E-state index >= 15 is 0 Å². The summed E-state index contributed by atoms with van der Waals surface area (Å²) in [5, 5.41) is 0. The van der Waals surface area contributed by atoms with Gasteiger partial charge in [0, 0.05) is 0 Å². The number of hydrogen-bond acceptors (Lipinski definition) is 1. The van der Waals surface area contributed by atoms with Crippen LogP contribution in [0.25, 0.3) is 0 Å². The molecule has 2 saturated carbocycles. The quantitative estimate of drug-likeness (QED) is 0.354. The zero-order valence-corrected chi connectivity index (χ0v) is 17.3. The lowest BCUT2D eigenvalue weighted by atomic mass is 9.81. The van der Waals surface area contributed by atoms with Gasteiger partial charge in [0.1, 0.15) is 5.75 Å². The molecule has 3 rings (SSSR count). The number of halogens is 3. The summed E-state index contributed by atoms with van der Waals surface area (Å²) in [7, 11) is 0. The van der Waals surface area contributed by atoms with Gasteiger partial charge in [-0.1, -0.05) is 42.9 Å². The number of benzene rings is 1. The average molecular weight is 407 g/mol. The van der Waals surface area contributed by atoms with E-state index < -0.39 is 6.36 Å². The van der Waals surface area contributed by atoms with E-state index in [1.807, 2.05) is 0 Å². The Labute approximate surface area is 173 Å². The van der Waals surface area contributed by atoms with Gasteiger partial charge in [-0.05, 0) is 99.7 Å².